The Labute approximate surface area is 171 Å². The Morgan fingerprint density at radius 3 is 2.17 bits per heavy atom. The van der Waals surface area contributed by atoms with Crippen LogP contribution in [-0.4, -0.2) is 49.1 Å². The zero-order valence-corrected chi connectivity index (χ0v) is 16.4. The molecule has 0 aromatic heterocycles. The van der Waals surface area contributed by atoms with Crippen molar-refractivity contribution in [3.8, 4) is 17.2 Å². The van der Waals surface area contributed by atoms with Crippen molar-refractivity contribution < 1.29 is 43.8 Å². The molecular formula is C18H21N2O9P. The van der Waals surface area contributed by atoms with Crippen LogP contribution in [0.25, 0.3) is 0 Å². The Bertz CT molecular complexity index is 959. The van der Waals surface area contributed by atoms with Crippen molar-refractivity contribution >= 4 is 19.7 Å². The third-order valence-corrected chi connectivity index (χ3v) is 4.46. The van der Waals surface area contributed by atoms with Crippen LogP contribution in [0.15, 0.2) is 42.5 Å². The molecule has 30 heavy (non-hydrogen) atoms. The van der Waals surface area contributed by atoms with Crippen LogP contribution in [0.5, 0.6) is 17.2 Å². The second-order valence-electron chi connectivity index (χ2n) is 6.46. The number of phenols is 2. The lowest BCUT2D eigenvalue weighted by Gasteiger charge is -2.18. The molecule has 2 aromatic rings. The first-order valence-electron chi connectivity index (χ1n) is 8.58. The van der Waals surface area contributed by atoms with E-state index in [1.54, 1.807) is 0 Å². The normalized spacial score (nSPS) is 13.3. The number of carbonyl (C=O) groups excluding carboxylic acids is 1. The molecule has 12 heteroatoms. The number of hydrogen-bond donors (Lipinski definition) is 7. The molecule has 0 saturated carbocycles. The number of nitrogens with two attached hydrogens (primary N) is 1. The monoisotopic (exact) mass is 440 g/mol. The summed E-state index contributed by atoms with van der Waals surface area (Å²) in [6, 6.07) is 7.04. The van der Waals surface area contributed by atoms with Gasteiger partial charge in [-0.2, -0.15) is 0 Å². The summed E-state index contributed by atoms with van der Waals surface area (Å²) in [7, 11) is -4.85. The van der Waals surface area contributed by atoms with Crippen LogP contribution in [0.4, 0.5) is 0 Å². The molecule has 0 saturated heterocycles. The molecule has 0 heterocycles. The summed E-state index contributed by atoms with van der Waals surface area (Å²) in [4.78, 5) is 41.3. The number of rotatable bonds is 9. The number of carboxylic acid groups (broad SMARTS) is 1. The first-order chi connectivity index (χ1) is 13.9. The van der Waals surface area contributed by atoms with E-state index in [2.05, 4.69) is 9.84 Å². The standard InChI is InChI=1S/C18H21N2O9P/c19-13(7-11-3-6-16(15(22)9-11)29-30(26,27)28)17(23)20-14(18(24)25)8-10-1-4-12(21)5-2-10/h1-6,9,13-14,21-22H,7-8,19H2,(H,20,23)(H,24,25)(H2,26,27,28)/t13-,14-/m0/s1. The number of hydrogen-bond acceptors (Lipinski definition) is 7. The van der Waals surface area contributed by atoms with Gasteiger partial charge in [0, 0.05) is 6.42 Å². The zero-order valence-electron chi connectivity index (χ0n) is 15.5. The van der Waals surface area contributed by atoms with Gasteiger partial charge in [0.15, 0.2) is 11.5 Å². The molecule has 1 amide bonds. The highest BCUT2D eigenvalue weighted by Gasteiger charge is 2.24. The number of nitrogens with one attached hydrogen (secondary N) is 1. The summed E-state index contributed by atoms with van der Waals surface area (Å²) in [5, 5.41) is 30.8. The maximum atomic E-state index is 12.3. The van der Waals surface area contributed by atoms with Gasteiger partial charge in [-0.25, -0.2) is 9.36 Å². The number of carboxylic acids is 1. The van der Waals surface area contributed by atoms with E-state index >= 15 is 0 Å². The van der Waals surface area contributed by atoms with Gasteiger partial charge in [-0.3, -0.25) is 14.6 Å². The number of aliphatic carboxylic acids is 1. The summed E-state index contributed by atoms with van der Waals surface area (Å²) in [6.07, 6.45) is -0.107. The fourth-order valence-electron chi connectivity index (χ4n) is 2.59. The van der Waals surface area contributed by atoms with Crippen LogP contribution in [-0.2, 0) is 27.0 Å². The van der Waals surface area contributed by atoms with Gasteiger partial charge >= 0.3 is 13.8 Å². The van der Waals surface area contributed by atoms with E-state index in [9.17, 15) is 29.5 Å². The summed E-state index contributed by atoms with van der Waals surface area (Å²) in [5.74, 6) is -2.97. The third kappa shape index (κ3) is 7.05. The maximum absolute atomic E-state index is 12.3. The summed E-state index contributed by atoms with van der Waals surface area (Å²) in [5.41, 5.74) is 6.77. The molecule has 11 nitrogen and oxygen atoms in total. The lowest BCUT2D eigenvalue weighted by Crippen LogP contribution is -2.50. The molecule has 0 spiro atoms. The molecule has 8 N–H and O–H groups in total. The van der Waals surface area contributed by atoms with Crippen molar-refractivity contribution in [2.45, 2.75) is 24.9 Å². The lowest BCUT2D eigenvalue weighted by atomic mass is 10.0. The van der Waals surface area contributed by atoms with Gasteiger partial charge in [-0.15, -0.1) is 0 Å². The molecule has 0 unspecified atom stereocenters. The number of phenolic OH excluding ortho intramolecular Hbond substituents is 2. The Hall–Kier alpha value is -3.11. The van der Waals surface area contributed by atoms with E-state index in [0.29, 0.717) is 11.1 Å². The summed E-state index contributed by atoms with van der Waals surface area (Å²) in [6.45, 7) is 0. The average molecular weight is 440 g/mol. The van der Waals surface area contributed by atoms with E-state index in [-0.39, 0.29) is 18.6 Å². The number of carbonyl (C=O) groups is 2. The molecular weight excluding hydrogens is 419 g/mol. The van der Waals surface area contributed by atoms with E-state index in [1.165, 1.54) is 30.3 Å². The van der Waals surface area contributed by atoms with Crippen LogP contribution >= 0.6 is 7.82 Å². The van der Waals surface area contributed by atoms with Gasteiger partial charge in [0.05, 0.1) is 6.04 Å². The summed E-state index contributed by atoms with van der Waals surface area (Å²) >= 11 is 0. The molecule has 2 aromatic carbocycles. The topological polar surface area (TPSA) is 200 Å². The van der Waals surface area contributed by atoms with Crippen LogP contribution in [0.3, 0.4) is 0 Å². The van der Waals surface area contributed by atoms with E-state index < -0.39 is 43.3 Å². The first-order valence-corrected chi connectivity index (χ1v) is 10.1. The van der Waals surface area contributed by atoms with Gasteiger partial charge in [0.2, 0.25) is 5.91 Å². The smallest absolute Gasteiger partial charge is 0.508 e. The number of aromatic hydroxyl groups is 2. The van der Waals surface area contributed by atoms with Crippen molar-refractivity contribution in [1.29, 1.82) is 0 Å². The zero-order chi connectivity index (χ0) is 22.5. The second kappa shape index (κ2) is 9.59. The largest absolute Gasteiger partial charge is 0.524 e. The molecule has 0 aliphatic carbocycles. The second-order valence-corrected chi connectivity index (χ2v) is 7.63. The summed E-state index contributed by atoms with van der Waals surface area (Å²) < 4.78 is 15.1. The van der Waals surface area contributed by atoms with Gasteiger partial charge < -0.3 is 30.9 Å². The Morgan fingerprint density at radius 2 is 1.63 bits per heavy atom. The van der Waals surface area contributed by atoms with Crippen molar-refractivity contribution in [3.63, 3.8) is 0 Å². The van der Waals surface area contributed by atoms with Gasteiger partial charge in [0.1, 0.15) is 11.8 Å². The molecule has 2 rings (SSSR count). The fraction of sp³-hybridized carbons (Fsp3) is 0.222. The first kappa shape index (κ1) is 23.2. The fourth-order valence-corrected chi connectivity index (χ4v) is 3.00. The number of phosphoric acid groups is 1. The van der Waals surface area contributed by atoms with Crippen molar-refractivity contribution in [2.24, 2.45) is 5.73 Å². The van der Waals surface area contributed by atoms with E-state index in [4.69, 9.17) is 15.5 Å². The highest BCUT2D eigenvalue weighted by Crippen LogP contribution is 2.41. The predicted molar refractivity (Wildman–Crippen MR) is 104 cm³/mol. The minimum absolute atomic E-state index is 0.0245. The predicted octanol–water partition coefficient (Wildman–Crippen LogP) is 0.251. The quantitative estimate of drug-likeness (QED) is 0.265. The van der Waals surface area contributed by atoms with E-state index in [1.807, 2.05) is 0 Å². The Balaban J connectivity index is 2.01. The molecule has 2 atom stereocenters. The number of amides is 1. The molecule has 0 aliphatic heterocycles. The van der Waals surface area contributed by atoms with Crippen LogP contribution in [0, 0.1) is 0 Å². The Morgan fingerprint density at radius 1 is 1.03 bits per heavy atom. The molecule has 162 valence electrons. The lowest BCUT2D eigenvalue weighted by molar-refractivity contribution is -0.141. The third-order valence-electron chi connectivity index (χ3n) is 4.02. The molecule has 0 bridgehead atoms. The van der Waals surface area contributed by atoms with Gasteiger partial charge in [0.25, 0.3) is 0 Å². The van der Waals surface area contributed by atoms with Crippen molar-refractivity contribution in [1.82, 2.24) is 5.32 Å². The average Bonchev–Trinajstić information content (AvgIpc) is 2.64. The van der Waals surface area contributed by atoms with Gasteiger partial charge in [-0.1, -0.05) is 18.2 Å². The molecule has 0 radical (unpaired) electrons. The van der Waals surface area contributed by atoms with Gasteiger partial charge in [-0.05, 0) is 41.8 Å². The minimum Gasteiger partial charge on any atom is -0.508 e. The Kier molecular flexibility index (Phi) is 7.41. The minimum atomic E-state index is -4.85. The highest BCUT2D eigenvalue weighted by molar-refractivity contribution is 7.46. The number of benzene rings is 2. The van der Waals surface area contributed by atoms with E-state index in [0.717, 1.165) is 12.1 Å². The van der Waals surface area contributed by atoms with Crippen molar-refractivity contribution in [2.75, 3.05) is 0 Å². The highest BCUT2D eigenvalue weighted by atomic mass is 31.2. The number of phosphoric ester groups is 1. The van der Waals surface area contributed by atoms with Crippen LogP contribution in [0.1, 0.15) is 11.1 Å². The van der Waals surface area contributed by atoms with Crippen molar-refractivity contribution in [3.05, 3.63) is 53.6 Å². The molecule has 0 aliphatic rings. The van der Waals surface area contributed by atoms with Crippen LogP contribution < -0.4 is 15.6 Å². The maximum Gasteiger partial charge on any atom is 0.524 e. The molecule has 0 fully saturated rings. The van der Waals surface area contributed by atoms with Crippen LogP contribution in [0.2, 0.25) is 0 Å². The SMILES string of the molecule is N[C@@H](Cc1ccc(OP(=O)(O)O)c(O)c1)C(=O)N[C@@H](Cc1ccc(O)cc1)C(=O)O.